The summed E-state index contributed by atoms with van der Waals surface area (Å²) in [5.41, 5.74) is -1.50. The number of rotatable bonds is 5. The third-order valence-electron chi connectivity index (χ3n) is 9.30. The third-order valence-corrected chi connectivity index (χ3v) is 9.30. The molecule has 0 aromatic heterocycles. The number of hydrogen-bond acceptors (Lipinski definition) is 4. The van der Waals surface area contributed by atoms with Gasteiger partial charge in [0.15, 0.2) is 5.41 Å². The van der Waals surface area contributed by atoms with E-state index in [2.05, 4.69) is 20.4 Å². The molecule has 0 aliphatic heterocycles. The molecule has 172 valence electrons. The Morgan fingerprint density at radius 1 is 0.871 bits per heavy atom. The molecule has 0 spiro atoms. The van der Waals surface area contributed by atoms with Crippen molar-refractivity contribution in [1.82, 2.24) is 0 Å². The van der Waals surface area contributed by atoms with Gasteiger partial charge in [0, 0.05) is 5.92 Å². The Morgan fingerprint density at radius 3 is 2.26 bits per heavy atom. The topological polar surface area (TPSA) is 52.6 Å². The van der Waals surface area contributed by atoms with Crippen molar-refractivity contribution in [2.45, 2.75) is 103 Å². The third kappa shape index (κ3) is 3.97. The molecule has 0 radical (unpaired) electrons. The van der Waals surface area contributed by atoms with Gasteiger partial charge in [-0.3, -0.25) is 9.59 Å². The van der Waals surface area contributed by atoms with Crippen LogP contribution in [0.5, 0.6) is 0 Å². The van der Waals surface area contributed by atoms with Crippen LogP contribution >= 0.6 is 0 Å². The van der Waals surface area contributed by atoms with Crippen LogP contribution in [0.1, 0.15) is 90.9 Å². The van der Waals surface area contributed by atoms with Crippen LogP contribution in [-0.4, -0.2) is 23.6 Å². The highest BCUT2D eigenvalue weighted by Gasteiger charge is 2.68. The van der Waals surface area contributed by atoms with E-state index < -0.39 is 5.41 Å². The summed E-state index contributed by atoms with van der Waals surface area (Å²) < 4.78 is 12.4. The Morgan fingerprint density at radius 2 is 1.58 bits per heavy atom. The number of fused-ring (bicyclic) bond motifs is 4. The maximum atomic E-state index is 13.5. The maximum Gasteiger partial charge on any atom is 0.324 e. The second-order valence-corrected chi connectivity index (χ2v) is 12.1. The van der Waals surface area contributed by atoms with E-state index in [1.54, 1.807) is 6.08 Å². The largest absolute Gasteiger partial charge is 0.461 e. The van der Waals surface area contributed by atoms with Crippen molar-refractivity contribution in [3.63, 3.8) is 0 Å². The van der Waals surface area contributed by atoms with Gasteiger partial charge in [-0.2, -0.15) is 0 Å². The number of carbonyl (C=O) groups is 2. The molecule has 0 aromatic carbocycles. The van der Waals surface area contributed by atoms with Crippen molar-refractivity contribution in [3.05, 3.63) is 12.7 Å². The Hall–Kier alpha value is -1.32. The molecule has 5 aliphatic rings. The van der Waals surface area contributed by atoms with Crippen LogP contribution in [0.4, 0.5) is 0 Å². The van der Waals surface area contributed by atoms with E-state index in [9.17, 15) is 9.59 Å². The Kier molecular flexibility index (Phi) is 5.50. The minimum atomic E-state index is -1.13. The normalized spacial score (nSPS) is 48.4. The first-order valence-corrected chi connectivity index (χ1v) is 12.9. The van der Waals surface area contributed by atoms with E-state index >= 15 is 0 Å². The average Bonchev–Trinajstić information content (AvgIpc) is 3.42. The van der Waals surface area contributed by atoms with Gasteiger partial charge in [-0.15, -0.1) is 6.58 Å². The van der Waals surface area contributed by atoms with E-state index in [4.69, 9.17) is 9.47 Å². The lowest BCUT2D eigenvalue weighted by Gasteiger charge is -2.47. The second-order valence-electron chi connectivity index (χ2n) is 12.1. The van der Waals surface area contributed by atoms with Crippen LogP contribution in [0, 0.1) is 40.9 Å². The van der Waals surface area contributed by atoms with Crippen LogP contribution in [0.15, 0.2) is 12.7 Å². The van der Waals surface area contributed by atoms with Crippen molar-refractivity contribution in [1.29, 1.82) is 0 Å². The molecule has 31 heavy (non-hydrogen) atoms. The molecule has 4 nitrogen and oxygen atoms in total. The molecular formula is C27H40O4. The van der Waals surface area contributed by atoms with Gasteiger partial charge >= 0.3 is 11.9 Å². The fraction of sp³-hybridized carbons (Fsp3) is 0.852. The Bertz CT molecular complexity index is 724. The lowest BCUT2D eigenvalue weighted by atomic mass is 9.65. The van der Waals surface area contributed by atoms with Crippen LogP contribution < -0.4 is 0 Å². The van der Waals surface area contributed by atoms with Crippen molar-refractivity contribution in [3.8, 4) is 0 Å². The van der Waals surface area contributed by atoms with Crippen LogP contribution in [-0.2, 0) is 19.1 Å². The predicted octanol–water partition coefficient (Wildman–Crippen LogP) is 5.84. The number of hydrogen-bond donors (Lipinski definition) is 0. The van der Waals surface area contributed by atoms with Crippen molar-refractivity contribution >= 4 is 11.9 Å². The van der Waals surface area contributed by atoms with Gasteiger partial charge in [-0.1, -0.05) is 26.3 Å². The van der Waals surface area contributed by atoms with Gasteiger partial charge in [0.2, 0.25) is 0 Å². The minimum absolute atomic E-state index is 0.0357. The van der Waals surface area contributed by atoms with Crippen molar-refractivity contribution in [2.24, 2.45) is 40.9 Å². The van der Waals surface area contributed by atoms with Gasteiger partial charge in [0.1, 0.15) is 11.7 Å². The zero-order chi connectivity index (χ0) is 21.8. The molecule has 0 aromatic rings. The standard InChI is InChI=1S/C27H40O4/c1-4-22-16-27(22,24(28)30-23-12-20-8-17(2)9-21(11-20)13-23)25(29)31-26-7-5-6-19(15-26)10-18(3)14-26/h4,17-23H,1,5-16H2,2-3H3. The maximum absolute atomic E-state index is 13.5. The summed E-state index contributed by atoms with van der Waals surface area (Å²) in [5, 5.41) is 0. The van der Waals surface area contributed by atoms with Crippen LogP contribution in [0.2, 0.25) is 0 Å². The summed E-state index contributed by atoms with van der Waals surface area (Å²) in [6, 6.07) is 0. The first kappa shape index (κ1) is 21.5. The lowest BCUT2D eigenvalue weighted by Crippen LogP contribution is -2.48. The molecule has 5 fully saturated rings. The number of ether oxygens (including phenoxy) is 2. The minimum Gasteiger partial charge on any atom is -0.461 e. The van der Waals surface area contributed by atoms with Gasteiger partial charge in [0.05, 0.1) is 0 Å². The molecule has 5 saturated carbocycles. The van der Waals surface area contributed by atoms with Gasteiger partial charge in [-0.25, -0.2) is 0 Å². The van der Waals surface area contributed by atoms with E-state index in [0.717, 1.165) is 44.4 Å². The Balaban J connectivity index is 1.28. The number of esters is 2. The highest BCUT2D eigenvalue weighted by Crippen LogP contribution is 2.58. The fourth-order valence-electron chi connectivity index (χ4n) is 8.14. The summed E-state index contributed by atoms with van der Waals surface area (Å²) in [4.78, 5) is 26.9. The number of allylic oxidation sites excluding steroid dienone is 1. The first-order valence-electron chi connectivity index (χ1n) is 12.9. The SMILES string of the molecule is C=CC1CC1(C(=O)OC1CC2CC(C)CC(C2)C1)C(=O)OC12CCCC(CC(C)C1)C2. The molecule has 4 bridgehead atoms. The molecule has 4 heteroatoms. The van der Waals surface area contributed by atoms with E-state index in [1.165, 1.54) is 32.1 Å². The van der Waals surface area contributed by atoms with Gasteiger partial charge < -0.3 is 9.47 Å². The molecular weight excluding hydrogens is 388 g/mol. The highest BCUT2D eigenvalue weighted by molar-refractivity contribution is 6.04. The molecule has 0 heterocycles. The zero-order valence-electron chi connectivity index (χ0n) is 19.4. The zero-order valence-corrected chi connectivity index (χ0v) is 19.4. The summed E-state index contributed by atoms with van der Waals surface area (Å²) in [6.07, 6.45) is 14.4. The lowest BCUT2D eigenvalue weighted by molar-refractivity contribution is -0.187. The highest BCUT2D eigenvalue weighted by atomic mass is 16.6. The van der Waals surface area contributed by atoms with Crippen molar-refractivity contribution in [2.75, 3.05) is 0 Å². The van der Waals surface area contributed by atoms with Crippen LogP contribution in [0.25, 0.3) is 0 Å². The van der Waals surface area contributed by atoms with Gasteiger partial charge in [-0.05, 0) is 100 Å². The summed E-state index contributed by atoms with van der Waals surface area (Å²) in [7, 11) is 0. The Labute approximate surface area is 187 Å². The molecule has 5 rings (SSSR count). The van der Waals surface area contributed by atoms with E-state index in [-0.39, 0.29) is 29.6 Å². The summed E-state index contributed by atoms with van der Waals surface area (Å²) in [6.45, 7) is 8.50. The average molecular weight is 429 g/mol. The van der Waals surface area contributed by atoms with Crippen LogP contribution in [0.3, 0.4) is 0 Å². The van der Waals surface area contributed by atoms with E-state index in [1.807, 2.05) is 0 Å². The number of carbonyl (C=O) groups excluding carboxylic acids is 2. The molecule has 7 unspecified atom stereocenters. The molecule has 0 saturated heterocycles. The molecule has 0 N–H and O–H groups in total. The van der Waals surface area contributed by atoms with E-state index in [0.29, 0.717) is 30.1 Å². The monoisotopic (exact) mass is 428 g/mol. The quantitative estimate of drug-likeness (QED) is 0.314. The molecule has 7 atom stereocenters. The fourth-order valence-corrected chi connectivity index (χ4v) is 8.14. The second kappa shape index (κ2) is 7.92. The predicted molar refractivity (Wildman–Crippen MR) is 119 cm³/mol. The first-order chi connectivity index (χ1) is 14.8. The smallest absolute Gasteiger partial charge is 0.324 e. The molecule has 0 amide bonds. The molecule has 5 aliphatic carbocycles. The van der Waals surface area contributed by atoms with Gasteiger partial charge in [0.25, 0.3) is 0 Å². The summed E-state index contributed by atoms with van der Waals surface area (Å²) in [5.74, 6) is 2.53. The van der Waals surface area contributed by atoms with Crippen molar-refractivity contribution < 1.29 is 19.1 Å². The summed E-state index contributed by atoms with van der Waals surface area (Å²) >= 11 is 0.